The van der Waals surface area contributed by atoms with Crippen LogP contribution in [0.1, 0.15) is 6.92 Å². The van der Waals surface area contributed by atoms with E-state index in [0.29, 0.717) is 0 Å². The summed E-state index contributed by atoms with van der Waals surface area (Å²) in [5.74, 6) is 0. The highest BCUT2D eigenvalue weighted by atomic mass is 32.1. The molecule has 6 heavy (non-hydrogen) atoms. The summed E-state index contributed by atoms with van der Waals surface area (Å²) in [5, 5.41) is 1.72. The molecule has 0 saturated carbocycles. The lowest BCUT2D eigenvalue weighted by atomic mass is 10.4. The van der Waals surface area contributed by atoms with E-state index in [0.717, 1.165) is 5.57 Å². The molecule has 0 nitrogen and oxygen atoms in total. The summed E-state index contributed by atoms with van der Waals surface area (Å²) in [4.78, 5) is 0. The average molecular weight is 100 g/mol. The van der Waals surface area contributed by atoms with Gasteiger partial charge in [-0.15, -0.1) is 0 Å². The molecule has 0 aromatic heterocycles. The van der Waals surface area contributed by atoms with Crippen LogP contribution < -0.4 is 0 Å². The van der Waals surface area contributed by atoms with E-state index in [1.165, 1.54) is 0 Å². The van der Waals surface area contributed by atoms with Gasteiger partial charge in [0.05, 0.1) is 0 Å². The van der Waals surface area contributed by atoms with Crippen molar-refractivity contribution >= 4 is 12.6 Å². The second-order valence-corrected chi connectivity index (χ2v) is 1.34. The molecule has 0 aliphatic carbocycles. The summed E-state index contributed by atoms with van der Waals surface area (Å²) in [6.07, 6.45) is 1.76. The maximum Gasteiger partial charge on any atom is -0.0295 e. The Morgan fingerprint density at radius 3 is 2.33 bits per heavy atom. The number of allylic oxidation sites excluding steroid dienone is 2. The van der Waals surface area contributed by atoms with Gasteiger partial charge in [-0.05, 0) is 17.9 Å². The standard InChI is InChI=1S/C5H8S/c1-3-5(2)4-6/h3-4,6H,1H2,2H3. The van der Waals surface area contributed by atoms with Crippen LogP contribution in [0.3, 0.4) is 0 Å². The van der Waals surface area contributed by atoms with Gasteiger partial charge in [-0.1, -0.05) is 12.7 Å². The van der Waals surface area contributed by atoms with Crippen LogP contribution in [0.4, 0.5) is 0 Å². The maximum atomic E-state index is 3.86. The minimum atomic E-state index is 1.10. The normalized spacial score (nSPS) is 11.3. The number of hydrogen-bond acceptors (Lipinski definition) is 1. The molecule has 0 spiro atoms. The smallest absolute Gasteiger partial charge is 0.0295 e. The Bertz CT molecular complexity index is 72.0. The van der Waals surface area contributed by atoms with Crippen LogP contribution in [-0.4, -0.2) is 0 Å². The van der Waals surface area contributed by atoms with Gasteiger partial charge in [-0.25, -0.2) is 0 Å². The van der Waals surface area contributed by atoms with Gasteiger partial charge in [0, 0.05) is 0 Å². The minimum Gasteiger partial charge on any atom is -0.151 e. The third kappa shape index (κ3) is 2.09. The monoisotopic (exact) mass is 100 g/mol. The lowest BCUT2D eigenvalue weighted by Gasteiger charge is -1.77. The fourth-order valence-corrected chi connectivity index (χ4v) is 0.158. The van der Waals surface area contributed by atoms with Gasteiger partial charge in [0.25, 0.3) is 0 Å². The van der Waals surface area contributed by atoms with Gasteiger partial charge in [-0.3, -0.25) is 0 Å². The van der Waals surface area contributed by atoms with E-state index in [2.05, 4.69) is 19.2 Å². The Labute approximate surface area is 44.0 Å². The first-order chi connectivity index (χ1) is 2.81. The van der Waals surface area contributed by atoms with Crippen LogP contribution in [0.25, 0.3) is 0 Å². The van der Waals surface area contributed by atoms with Gasteiger partial charge < -0.3 is 0 Å². The van der Waals surface area contributed by atoms with Crippen LogP contribution in [0.15, 0.2) is 23.6 Å². The van der Waals surface area contributed by atoms with Crippen molar-refractivity contribution in [3.05, 3.63) is 23.6 Å². The van der Waals surface area contributed by atoms with Crippen molar-refractivity contribution in [1.29, 1.82) is 0 Å². The summed E-state index contributed by atoms with van der Waals surface area (Å²) >= 11 is 3.86. The van der Waals surface area contributed by atoms with E-state index in [1.54, 1.807) is 11.5 Å². The largest absolute Gasteiger partial charge is 0.151 e. The van der Waals surface area contributed by atoms with E-state index >= 15 is 0 Å². The molecule has 1 heteroatoms. The van der Waals surface area contributed by atoms with Gasteiger partial charge in [0.1, 0.15) is 0 Å². The second-order valence-electron chi connectivity index (χ2n) is 1.08. The lowest BCUT2D eigenvalue weighted by Crippen LogP contribution is -1.55. The first-order valence-electron chi connectivity index (χ1n) is 1.74. The summed E-state index contributed by atoms with van der Waals surface area (Å²) < 4.78 is 0. The Hall–Kier alpha value is -0.170. The van der Waals surface area contributed by atoms with E-state index in [1.807, 2.05) is 6.92 Å². The van der Waals surface area contributed by atoms with Crippen LogP contribution in [0.5, 0.6) is 0 Å². The van der Waals surface area contributed by atoms with Crippen LogP contribution in [0.2, 0.25) is 0 Å². The summed E-state index contributed by atoms with van der Waals surface area (Å²) in [7, 11) is 0. The van der Waals surface area contributed by atoms with Crippen LogP contribution in [0, 0.1) is 0 Å². The van der Waals surface area contributed by atoms with E-state index in [4.69, 9.17) is 0 Å². The van der Waals surface area contributed by atoms with Crippen molar-refractivity contribution < 1.29 is 0 Å². The molecular formula is C5H8S. The molecule has 0 aliphatic heterocycles. The summed E-state index contributed by atoms with van der Waals surface area (Å²) in [6.45, 7) is 5.46. The van der Waals surface area contributed by atoms with Crippen molar-refractivity contribution in [2.24, 2.45) is 0 Å². The average Bonchev–Trinajstić information content (AvgIpc) is 1.65. The van der Waals surface area contributed by atoms with Gasteiger partial charge in [0.15, 0.2) is 0 Å². The predicted octanol–water partition coefficient (Wildman–Crippen LogP) is 2.01. The summed E-state index contributed by atoms with van der Waals surface area (Å²) in [6, 6.07) is 0. The lowest BCUT2D eigenvalue weighted by molar-refractivity contribution is 1.57. The fraction of sp³-hybridized carbons (Fsp3) is 0.200. The number of hydrogen-bond donors (Lipinski definition) is 1. The first-order valence-corrected chi connectivity index (χ1v) is 2.26. The molecule has 0 radical (unpaired) electrons. The van der Waals surface area contributed by atoms with Gasteiger partial charge in [-0.2, -0.15) is 12.6 Å². The van der Waals surface area contributed by atoms with E-state index < -0.39 is 0 Å². The molecule has 34 valence electrons. The number of rotatable bonds is 1. The van der Waals surface area contributed by atoms with Crippen LogP contribution >= 0.6 is 12.6 Å². The second kappa shape index (κ2) is 3.04. The van der Waals surface area contributed by atoms with Gasteiger partial charge >= 0.3 is 0 Å². The third-order valence-corrected chi connectivity index (χ3v) is 0.933. The van der Waals surface area contributed by atoms with Crippen molar-refractivity contribution in [3.8, 4) is 0 Å². The topological polar surface area (TPSA) is 0 Å². The predicted molar refractivity (Wildman–Crippen MR) is 32.9 cm³/mol. The van der Waals surface area contributed by atoms with Crippen molar-refractivity contribution in [2.45, 2.75) is 6.92 Å². The van der Waals surface area contributed by atoms with Gasteiger partial charge in [0.2, 0.25) is 0 Å². The molecule has 0 atom stereocenters. The molecule has 0 aliphatic rings. The fourth-order valence-electron chi connectivity index (χ4n) is 0.0527. The summed E-state index contributed by atoms with van der Waals surface area (Å²) in [5.41, 5.74) is 1.10. The first kappa shape index (κ1) is 5.83. The highest BCUT2D eigenvalue weighted by Gasteiger charge is 1.67. The minimum absolute atomic E-state index is 1.10. The molecular weight excluding hydrogens is 92.1 g/mol. The molecule has 0 aromatic rings. The highest BCUT2D eigenvalue weighted by Crippen LogP contribution is 1.92. The SMILES string of the molecule is C=CC(C)=CS. The van der Waals surface area contributed by atoms with Crippen molar-refractivity contribution in [1.82, 2.24) is 0 Å². The van der Waals surface area contributed by atoms with E-state index in [-0.39, 0.29) is 0 Å². The Morgan fingerprint density at radius 2 is 2.33 bits per heavy atom. The molecule has 0 heterocycles. The zero-order valence-corrected chi connectivity index (χ0v) is 4.70. The van der Waals surface area contributed by atoms with E-state index in [9.17, 15) is 0 Å². The third-order valence-electron chi connectivity index (χ3n) is 0.526. The zero-order valence-electron chi connectivity index (χ0n) is 3.81. The van der Waals surface area contributed by atoms with Crippen LogP contribution in [-0.2, 0) is 0 Å². The zero-order chi connectivity index (χ0) is 4.99. The Kier molecular flexibility index (Phi) is 2.95. The molecule has 0 aromatic carbocycles. The molecule has 0 saturated heterocycles. The molecule has 0 amide bonds. The molecule has 0 rings (SSSR count). The molecule has 0 N–H and O–H groups in total. The maximum absolute atomic E-state index is 3.86. The van der Waals surface area contributed by atoms with Crippen molar-refractivity contribution in [3.63, 3.8) is 0 Å². The molecule has 0 unspecified atom stereocenters. The quantitative estimate of drug-likeness (QED) is 0.378. The van der Waals surface area contributed by atoms with Crippen molar-refractivity contribution in [2.75, 3.05) is 0 Å². The number of thiol groups is 1. The molecule has 0 bridgehead atoms. The molecule has 0 fully saturated rings. The Balaban J connectivity index is 3.50. The highest BCUT2D eigenvalue weighted by molar-refractivity contribution is 7.83. The Morgan fingerprint density at radius 1 is 1.83 bits per heavy atom.